The largest absolute Gasteiger partial charge is 0.472 e. The lowest BCUT2D eigenvalue weighted by atomic mass is 10.0. The normalized spacial score (nSPS) is 13.6. The third-order valence-corrected chi connectivity index (χ3v) is 9.82. The molecule has 0 bridgehead atoms. The van der Waals surface area contributed by atoms with Crippen LogP contribution in [0.15, 0.2) is 24.3 Å². The van der Waals surface area contributed by atoms with Crippen LogP contribution in [-0.4, -0.2) is 49.3 Å². The van der Waals surface area contributed by atoms with Crippen LogP contribution in [0.25, 0.3) is 0 Å². The van der Waals surface area contributed by atoms with Gasteiger partial charge in [0.1, 0.15) is 6.61 Å². The molecule has 0 amide bonds. The Labute approximate surface area is 312 Å². The molecule has 0 aromatic carbocycles. The van der Waals surface area contributed by atoms with Crippen molar-refractivity contribution in [2.24, 2.45) is 5.73 Å². The van der Waals surface area contributed by atoms with E-state index in [2.05, 4.69) is 38.2 Å². The second-order valence-electron chi connectivity index (χ2n) is 13.9. The number of carbonyl (C=O) groups excluding carboxylic acids is 2. The number of esters is 2. The van der Waals surface area contributed by atoms with Crippen molar-refractivity contribution in [1.82, 2.24) is 0 Å². The minimum Gasteiger partial charge on any atom is -0.462 e. The second-order valence-corrected chi connectivity index (χ2v) is 15.3. The summed E-state index contributed by atoms with van der Waals surface area (Å²) in [6.45, 7) is 3.70. The summed E-state index contributed by atoms with van der Waals surface area (Å²) in [5.41, 5.74) is 5.34. The fourth-order valence-corrected chi connectivity index (χ4v) is 6.49. The number of allylic oxidation sites excluding steroid dienone is 4. The van der Waals surface area contributed by atoms with Gasteiger partial charge in [-0.25, -0.2) is 4.57 Å². The fraction of sp³-hybridized carbons (Fsp3) is 0.854. The van der Waals surface area contributed by atoms with Gasteiger partial charge in [-0.05, 0) is 44.9 Å². The Hall–Kier alpha value is -1.51. The monoisotopic (exact) mass is 744 g/mol. The van der Waals surface area contributed by atoms with Gasteiger partial charge in [0.15, 0.2) is 6.10 Å². The number of hydrogen-bond donors (Lipinski definition) is 2. The number of ether oxygens (including phenoxy) is 2. The van der Waals surface area contributed by atoms with Crippen LogP contribution < -0.4 is 5.73 Å². The van der Waals surface area contributed by atoms with Crippen LogP contribution in [0.5, 0.6) is 0 Å². The van der Waals surface area contributed by atoms with Gasteiger partial charge >= 0.3 is 19.8 Å². The molecule has 10 heteroatoms. The van der Waals surface area contributed by atoms with Crippen molar-refractivity contribution in [3.63, 3.8) is 0 Å². The maximum Gasteiger partial charge on any atom is 0.472 e. The highest BCUT2D eigenvalue weighted by Crippen LogP contribution is 2.43. The predicted molar refractivity (Wildman–Crippen MR) is 211 cm³/mol. The molecule has 300 valence electrons. The summed E-state index contributed by atoms with van der Waals surface area (Å²) < 4.78 is 32.7. The van der Waals surface area contributed by atoms with Gasteiger partial charge in [0, 0.05) is 19.4 Å². The molecule has 0 rings (SSSR count). The fourth-order valence-electron chi connectivity index (χ4n) is 5.72. The van der Waals surface area contributed by atoms with Crippen molar-refractivity contribution in [3.8, 4) is 0 Å². The van der Waals surface area contributed by atoms with Crippen LogP contribution in [0.3, 0.4) is 0 Å². The van der Waals surface area contributed by atoms with E-state index >= 15 is 0 Å². The predicted octanol–water partition coefficient (Wildman–Crippen LogP) is 11.6. The maximum absolute atomic E-state index is 12.5. The molecule has 2 unspecified atom stereocenters. The average molecular weight is 744 g/mol. The quantitative estimate of drug-likeness (QED) is 0.0273. The SMILES string of the molecule is CCCCC/C=C/C/C=C/CCCCCCCC(=O)OC(COC(=O)CCCCCCCCCCCCCCCCC)COP(=O)(O)OCCN. The van der Waals surface area contributed by atoms with Gasteiger partial charge in [0.05, 0.1) is 13.2 Å². The first-order valence-electron chi connectivity index (χ1n) is 20.8. The van der Waals surface area contributed by atoms with Crippen LogP contribution in [0.4, 0.5) is 0 Å². The van der Waals surface area contributed by atoms with E-state index < -0.39 is 26.5 Å². The summed E-state index contributed by atoms with van der Waals surface area (Å²) in [6, 6.07) is 0. The molecule has 9 nitrogen and oxygen atoms in total. The topological polar surface area (TPSA) is 134 Å². The highest BCUT2D eigenvalue weighted by Gasteiger charge is 2.26. The Morgan fingerprint density at radius 2 is 1.02 bits per heavy atom. The Morgan fingerprint density at radius 3 is 1.53 bits per heavy atom. The average Bonchev–Trinajstić information content (AvgIpc) is 3.11. The van der Waals surface area contributed by atoms with Crippen molar-refractivity contribution < 1.29 is 37.6 Å². The Morgan fingerprint density at radius 1 is 0.588 bits per heavy atom. The summed E-state index contributed by atoms with van der Waals surface area (Å²) in [5.74, 6) is -0.839. The third-order valence-electron chi connectivity index (χ3n) is 8.84. The summed E-state index contributed by atoms with van der Waals surface area (Å²) in [7, 11) is -4.37. The number of nitrogens with two attached hydrogens (primary N) is 1. The molecule has 0 fully saturated rings. The number of phosphoric acid groups is 1. The Balaban J connectivity index is 4.18. The number of rotatable bonds is 39. The zero-order valence-corrected chi connectivity index (χ0v) is 33.7. The molecular formula is C41H78NO8P. The molecule has 0 aromatic rings. The lowest BCUT2D eigenvalue weighted by Gasteiger charge is -2.19. The van der Waals surface area contributed by atoms with Crippen molar-refractivity contribution in [2.45, 2.75) is 200 Å². The number of phosphoric ester groups is 1. The van der Waals surface area contributed by atoms with Gasteiger partial charge in [0.25, 0.3) is 0 Å². The summed E-state index contributed by atoms with van der Waals surface area (Å²) in [5, 5.41) is 0. The molecule has 0 aromatic heterocycles. The molecule has 2 atom stereocenters. The zero-order chi connectivity index (χ0) is 37.5. The van der Waals surface area contributed by atoms with Crippen LogP contribution >= 0.6 is 7.82 Å². The second kappa shape index (κ2) is 38.2. The van der Waals surface area contributed by atoms with E-state index in [1.165, 1.54) is 103 Å². The van der Waals surface area contributed by atoms with Crippen LogP contribution in [0.2, 0.25) is 0 Å². The Kier molecular flexibility index (Phi) is 37.1. The summed E-state index contributed by atoms with van der Waals surface area (Å²) in [6.07, 6.45) is 39.1. The molecule has 0 aliphatic heterocycles. The first-order chi connectivity index (χ1) is 24.8. The zero-order valence-electron chi connectivity index (χ0n) is 32.8. The molecule has 0 saturated heterocycles. The van der Waals surface area contributed by atoms with E-state index in [1.807, 2.05) is 0 Å². The van der Waals surface area contributed by atoms with E-state index in [-0.39, 0.29) is 38.6 Å². The summed E-state index contributed by atoms with van der Waals surface area (Å²) >= 11 is 0. The van der Waals surface area contributed by atoms with Gasteiger partial charge in [-0.3, -0.25) is 18.6 Å². The lowest BCUT2D eigenvalue weighted by Crippen LogP contribution is -2.29. The molecule has 0 saturated carbocycles. The standard InChI is InChI=1S/C41H78NO8P/c1-3-5-7-9-11-13-15-17-19-21-23-25-27-29-31-33-40(43)47-37-39(38-49-51(45,46)48-36-35-42)50-41(44)34-32-30-28-26-24-22-20-18-16-14-12-10-8-6-4-2/h12,14,18,20,39H,3-11,13,15-17,19,21-38,42H2,1-2H3,(H,45,46)/b14-12+,20-18+. The Bertz CT molecular complexity index is 897. The number of unbranched alkanes of at least 4 members (excludes halogenated alkanes) is 22. The highest BCUT2D eigenvalue weighted by molar-refractivity contribution is 7.47. The molecule has 0 aliphatic rings. The first kappa shape index (κ1) is 49.5. The van der Waals surface area contributed by atoms with E-state index in [0.29, 0.717) is 6.42 Å². The van der Waals surface area contributed by atoms with E-state index in [4.69, 9.17) is 24.3 Å². The molecule has 51 heavy (non-hydrogen) atoms. The van der Waals surface area contributed by atoms with Gasteiger partial charge in [-0.2, -0.15) is 0 Å². The molecule has 3 N–H and O–H groups in total. The van der Waals surface area contributed by atoms with Gasteiger partial charge < -0.3 is 20.1 Å². The minimum absolute atomic E-state index is 0.0524. The van der Waals surface area contributed by atoms with E-state index in [9.17, 15) is 19.0 Å². The highest BCUT2D eigenvalue weighted by atomic mass is 31.2. The van der Waals surface area contributed by atoms with E-state index in [1.54, 1.807) is 0 Å². The van der Waals surface area contributed by atoms with Crippen LogP contribution in [-0.2, 0) is 32.7 Å². The lowest BCUT2D eigenvalue weighted by molar-refractivity contribution is -0.161. The minimum atomic E-state index is -4.37. The molecule has 0 heterocycles. The molecule has 0 radical (unpaired) electrons. The smallest absolute Gasteiger partial charge is 0.462 e. The van der Waals surface area contributed by atoms with Crippen molar-refractivity contribution in [2.75, 3.05) is 26.4 Å². The van der Waals surface area contributed by atoms with Crippen molar-refractivity contribution in [3.05, 3.63) is 24.3 Å². The van der Waals surface area contributed by atoms with Gasteiger partial charge in [-0.15, -0.1) is 0 Å². The first-order valence-corrected chi connectivity index (χ1v) is 22.3. The van der Waals surface area contributed by atoms with Gasteiger partial charge in [0.2, 0.25) is 0 Å². The maximum atomic E-state index is 12.5. The molecular weight excluding hydrogens is 665 g/mol. The number of carbonyl (C=O) groups is 2. The number of hydrogen-bond acceptors (Lipinski definition) is 8. The van der Waals surface area contributed by atoms with Crippen LogP contribution in [0.1, 0.15) is 194 Å². The van der Waals surface area contributed by atoms with Crippen molar-refractivity contribution >= 4 is 19.8 Å². The summed E-state index contributed by atoms with van der Waals surface area (Å²) in [4.78, 5) is 34.8. The third kappa shape index (κ3) is 38.0. The molecule has 0 spiro atoms. The molecule has 0 aliphatic carbocycles. The van der Waals surface area contributed by atoms with Crippen LogP contribution in [0, 0.1) is 0 Å². The van der Waals surface area contributed by atoms with Crippen molar-refractivity contribution in [1.29, 1.82) is 0 Å². The van der Waals surface area contributed by atoms with Gasteiger partial charge in [-0.1, -0.05) is 160 Å². The van der Waals surface area contributed by atoms with E-state index in [0.717, 1.165) is 57.8 Å².